The van der Waals surface area contributed by atoms with Gasteiger partial charge in [-0.15, -0.1) is 11.3 Å². The van der Waals surface area contributed by atoms with Gasteiger partial charge in [-0.05, 0) is 25.3 Å². The molecule has 114 valence electrons. The third kappa shape index (κ3) is 2.93. The number of nitrogens with one attached hydrogen (secondary N) is 1. The van der Waals surface area contributed by atoms with Gasteiger partial charge < -0.3 is 4.74 Å². The molecule has 21 heavy (non-hydrogen) atoms. The van der Waals surface area contributed by atoms with Gasteiger partial charge in [0.2, 0.25) is 0 Å². The maximum Gasteiger partial charge on any atom is 0.350 e. The lowest BCUT2D eigenvalue weighted by molar-refractivity contribution is 0.0607. The van der Waals surface area contributed by atoms with E-state index in [4.69, 9.17) is 0 Å². The van der Waals surface area contributed by atoms with E-state index in [1.807, 2.05) is 6.92 Å². The van der Waals surface area contributed by atoms with Crippen molar-refractivity contribution in [1.82, 2.24) is 9.78 Å². The van der Waals surface area contributed by atoms with E-state index in [-0.39, 0.29) is 15.5 Å². The van der Waals surface area contributed by atoms with E-state index in [2.05, 4.69) is 14.6 Å². The Morgan fingerprint density at radius 3 is 2.81 bits per heavy atom. The summed E-state index contributed by atoms with van der Waals surface area (Å²) in [5, 5.41) is 5.63. The van der Waals surface area contributed by atoms with Gasteiger partial charge in [0.25, 0.3) is 10.0 Å². The average molecular weight is 329 g/mol. The molecule has 2 heterocycles. The topological polar surface area (TPSA) is 90.3 Å². The number of carbonyl (C=O) groups excluding carboxylic acids is 1. The molecular formula is C12H15N3O4S2. The Labute approximate surface area is 126 Å². The van der Waals surface area contributed by atoms with Crippen molar-refractivity contribution >= 4 is 33.0 Å². The molecule has 0 unspecified atom stereocenters. The maximum atomic E-state index is 12.4. The van der Waals surface area contributed by atoms with Crippen LogP contribution in [0.1, 0.15) is 22.3 Å². The monoisotopic (exact) mass is 329 g/mol. The molecule has 9 heteroatoms. The minimum absolute atomic E-state index is 0.0892. The minimum atomic E-state index is -3.80. The molecular weight excluding hydrogens is 314 g/mol. The number of anilines is 1. The molecule has 0 saturated heterocycles. The Hall–Kier alpha value is -1.87. The molecule has 0 aromatic carbocycles. The predicted octanol–water partition coefficient (Wildman–Crippen LogP) is 1.86. The van der Waals surface area contributed by atoms with Gasteiger partial charge in [-0.25, -0.2) is 13.2 Å². The lowest BCUT2D eigenvalue weighted by Crippen LogP contribution is -2.15. The minimum Gasteiger partial charge on any atom is -0.465 e. The number of nitrogens with zero attached hydrogens (tertiary/aromatic N) is 2. The number of aryl methyl sites for hydroxylation is 1. The van der Waals surface area contributed by atoms with Crippen molar-refractivity contribution in [3.05, 3.63) is 28.2 Å². The van der Waals surface area contributed by atoms with Crippen molar-refractivity contribution in [3.8, 4) is 0 Å². The summed E-state index contributed by atoms with van der Waals surface area (Å²) in [7, 11) is -2.56. The second-order valence-corrected chi connectivity index (χ2v) is 6.74. The van der Waals surface area contributed by atoms with E-state index in [1.165, 1.54) is 19.4 Å². The van der Waals surface area contributed by atoms with Crippen LogP contribution >= 0.6 is 11.3 Å². The van der Waals surface area contributed by atoms with Crippen LogP contribution in [0.4, 0.5) is 5.69 Å². The number of carbonyl (C=O) groups is 1. The van der Waals surface area contributed by atoms with Crippen LogP contribution in [0, 0.1) is 6.92 Å². The first-order valence-corrected chi connectivity index (χ1v) is 8.48. The molecule has 2 aromatic rings. The second kappa shape index (κ2) is 5.86. The van der Waals surface area contributed by atoms with Gasteiger partial charge in [-0.3, -0.25) is 9.40 Å². The first-order chi connectivity index (χ1) is 9.90. The van der Waals surface area contributed by atoms with Crippen LogP contribution in [-0.4, -0.2) is 31.3 Å². The van der Waals surface area contributed by atoms with Crippen LogP contribution in [0.25, 0.3) is 0 Å². The Balaban J connectivity index is 2.36. The molecule has 2 rings (SSSR count). The number of aromatic nitrogens is 2. The first kappa shape index (κ1) is 15.5. The summed E-state index contributed by atoms with van der Waals surface area (Å²) >= 11 is 1.11. The Kier molecular flexibility index (Phi) is 4.33. The van der Waals surface area contributed by atoms with Crippen molar-refractivity contribution < 1.29 is 17.9 Å². The molecule has 0 amide bonds. The summed E-state index contributed by atoms with van der Waals surface area (Å²) in [6, 6.07) is 1.52. The van der Waals surface area contributed by atoms with Gasteiger partial charge in [0.1, 0.15) is 9.77 Å². The molecule has 0 aliphatic carbocycles. The fourth-order valence-corrected chi connectivity index (χ4v) is 3.93. The quantitative estimate of drug-likeness (QED) is 0.846. The fraction of sp³-hybridized carbons (Fsp3) is 0.333. The molecule has 0 fully saturated rings. The molecule has 0 atom stereocenters. The van der Waals surface area contributed by atoms with Crippen molar-refractivity contribution in [3.63, 3.8) is 0 Å². The molecule has 7 nitrogen and oxygen atoms in total. The van der Waals surface area contributed by atoms with E-state index >= 15 is 0 Å². The van der Waals surface area contributed by atoms with Gasteiger partial charge in [-0.2, -0.15) is 5.10 Å². The number of thiophene rings is 1. The Bertz CT molecular complexity index is 761. The van der Waals surface area contributed by atoms with Gasteiger partial charge in [0.15, 0.2) is 0 Å². The highest BCUT2D eigenvalue weighted by molar-refractivity contribution is 7.92. The molecule has 1 N–H and O–H groups in total. The van der Waals surface area contributed by atoms with E-state index in [0.29, 0.717) is 12.2 Å². The molecule has 0 aliphatic rings. The lowest BCUT2D eigenvalue weighted by Gasteiger charge is -2.08. The number of sulfonamides is 1. The van der Waals surface area contributed by atoms with Crippen LogP contribution in [0.3, 0.4) is 0 Å². The number of rotatable bonds is 5. The number of ether oxygens (including phenoxy) is 1. The zero-order chi connectivity index (χ0) is 15.6. The van der Waals surface area contributed by atoms with E-state index in [1.54, 1.807) is 17.0 Å². The van der Waals surface area contributed by atoms with Crippen LogP contribution < -0.4 is 4.72 Å². The number of esters is 1. The average Bonchev–Trinajstić information content (AvgIpc) is 3.04. The lowest BCUT2D eigenvalue weighted by atomic mass is 10.4. The zero-order valence-electron chi connectivity index (χ0n) is 11.8. The number of hydrogen-bond acceptors (Lipinski definition) is 6. The van der Waals surface area contributed by atoms with Gasteiger partial charge in [-0.1, -0.05) is 0 Å². The van der Waals surface area contributed by atoms with Crippen LogP contribution in [0.2, 0.25) is 0 Å². The fourth-order valence-electron chi connectivity index (χ4n) is 1.85. The first-order valence-electron chi connectivity index (χ1n) is 6.11. The summed E-state index contributed by atoms with van der Waals surface area (Å²) in [5.74, 6) is -0.580. The summed E-state index contributed by atoms with van der Waals surface area (Å²) in [5.41, 5.74) is 0.746. The van der Waals surface area contributed by atoms with Crippen LogP contribution in [0.15, 0.2) is 22.5 Å². The number of methoxy groups -OCH3 is 1. The molecule has 0 saturated carbocycles. The Morgan fingerprint density at radius 2 is 2.24 bits per heavy atom. The summed E-state index contributed by atoms with van der Waals surface area (Å²) in [6.07, 6.45) is 1.30. The normalized spacial score (nSPS) is 11.4. The summed E-state index contributed by atoms with van der Waals surface area (Å²) < 4.78 is 33.4. The van der Waals surface area contributed by atoms with Crippen LogP contribution in [0.5, 0.6) is 0 Å². The van der Waals surface area contributed by atoms with Crippen molar-refractivity contribution in [2.45, 2.75) is 25.3 Å². The molecule has 2 aromatic heterocycles. The van der Waals surface area contributed by atoms with Crippen molar-refractivity contribution in [2.24, 2.45) is 0 Å². The standard InChI is InChI=1S/C12H15N3O4S2/c1-4-15-8(2)10(7-13-15)21(17,18)14-9-5-6-20-11(9)12(16)19-3/h5-7,14H,4H2,1-3H3. The second-order valence-electron chi connectivity index (χ2n) is 4.17. The van der Waals surface area contributed by atoms with E-state index < -0.39 is 16.0 Å². The highest BCUT2D eigenvalue weighted by atomic mass is 32.2. The number of hydrogen-bond donors (Lipinski definition) is 1. The third-order valence-electron chi connectivity index (χ3n) is 2.93. The molecule has 0 radical (unpaired) electrons. The maximum absolute atomic E-state index is 12.4. The SMILES string of the molecule is CCn1ncc(S(=O)(=O)Nc2ccsc2C(=O)OC)c1C. The zero-order valence-corrected chi connectivity index (χ0v) is 13.4. The molecule has 0 bridgehead atoms. The molecule has 0 spiro atoms. The van der Waals surface area contributed by atoms with Gasteiger partial charge >= 0.3 is 5.97 Å². The van der Waals surface area contributed by atoms with E-state index in [0.717, 1.165) is 11.3 Å². The van der Waals surface area contributed by atoms with Gasteiger partial charge in [0, 0.05) is 6.54 Å². The summed E-state index contributed by atoms with van der Waals surface area (Å²) in [4.78, 5) is 11.9. The van der Waals surface area contributed by atoms with Crippen LogP contribution in [-0.2, 0) is 21.3 Å². The highest BCUT2D eigenvalue weighted by Crippen LogP contribution is 2.26. The van der Waals surface area contributed by atoms with Crippen molar-refractivity contribution in [1.29, 1.82) is 0 Å². The molecule has 0 aliphatic heterocycles. The van der Waals surface area contributed by atoms with E-state index in [9.17, 15) is 13.2 Å². The smallest absolute Gasteiger partial charge is 0.350 e. The van der Waals surface area contributed by atoms with Gasteiger partial charge in [0.05, 0.1) is 24.7 Å². The predicted molar refractivity (Wildman–Crippen MR) is 79.1 cm³/mol. The van der Waals surface area contributed by atoms with Crippen molar-refractivity contribution in [2.75, 3.05) is 11.8 Å². The summed E-state index contributed by atoms with van der Waals surface area (Å²) in [6.45, 7) is 4.13. The third-order valence-corrected chi connectivity index (χ3v) is 5.29. The largest absolute Gasteiger partial charge is 0.465 e. The Morgan fingerprint density at radius 1 is 1.52 bits per heavy atom. The highest BCUT2D eigenvalue weighted by Gasteiger charge is 2.24.